The Kier molecular flexibility index (Phi) is 9.21. The van der Waals surface area contributed by atoms with Gasteiger partial charge in [0.2, 0.25) is 5.91 Å². The SMILES string of the molecule is Cc1cccc(CC(O)C=C[C@H]2CCCC(=O)N2CCCCCCC(=O)O)c1. The fourth-order valence-corrected chi connectivity index (χ4v) is 3.75. The van der Waals surface area contributed by atoms with E-state index in [0.717, 1.165) is 37.7 Å². The highest BCUT2D eigenvalue weighted by Gasteiger charge is 2.25. The summed E-state index contributed by atoms with van der Waals surface area (Å²) in [5.74, 6) is -0.569. The van der Waals surface area contributed by atoms with Crippen molar-refractivity contribution in [3.8, 4) is 0 Å². The zero-order valence-corrected chi connectivity index (χ0v) is 16.8. The fraction of sp³-hybridized carbons (Fsp3) is 0.565. The van der Waals surface area contributed by atoms with Gasteiger partial charge in [-0.2, -0.15) is 0 Å². The van der Waals surface area contributed by atoms with Crippen LogP contribution < -0.4 is 0 Å². The maximum absolute atomic E-state index is 12.3. The molecule has 1 amide bonds. The Balaban J connectivity index is 1.82. The van der Waals surface area contributed by atoms with E-state index < -0.39 is 12.1 Å². The molecule has 2 atom stereocenters. The lowest BCUT2D eigenvalue weighted by molar-refractivity contribution is -0.137. The highest BCUT2D eigenvalue weighted by Crippen LogP contribution is 2.21. The van der Waals surface area contributed by atoms with Gasteiger partial charge in [0.05, 0.1) is 12.1 Å². The van der Waals surface area contributed by atoms with Crippen molar-refractivity contribution >= 4 is 11.9 Å². The average Bonchev–Trinajstić information content (AvgIpc) is 2.64. The minimum Gasteiger partial charge on any atom is -0.481 e. The molecule has 1 aromatic rings. The van der Waals surface area contributed by atoms with E-state index >= 15 is 0 Å². The number of unbranched alkanes of at least 4 members (excludes halogenated alkanes) is 3. The molecule has 2 rings (SSSR count). The van der Waals surface area contributed by atoms with E-state index in [-0.39, 0.29) is 18.4 Å². The molecule has 28 heavy (non-hydrogen) atoms. The maximum Gasteiger partial charge on any atom is 0.303 e. The third-order valence-electron chi connectivity index (χ3n) is 5.23. The molecule has 0 radical (unpaired) electrons. The Morgan fingerprint density at radius 3 is 2.82 bits per heavy atom. The number of hydrogen-bond donors (Lipinski definition) is 2. The number of hydrogen-bond acceptors (Lipinski definition) is 3. The molecule has 1 aliphatic heterocycles. The third kappa shape index (κ3) is 7.85. The van der Waals surface area contributed by atoms with Crippen molar-refractivity contribution in [3.63, 3.8) is 0 Å². The maximum atomic E-state index is 12.3. The molecule has 0 spiro atoms. The number of carbonyl (C=O) groups excluding carboxylic acids is 1. The van der Waals surface area contributed by atoms with Crippen LogP contribution in [0.25, 0.3) is 0 Å². The molecule has 1 heterocycles. The van der Waals surface area contributed by atoms with E-state index in [4.69, 9.17) is 5.11 Å². The molecule has 2 N–H and O–H groups in total. The van der Waals surface area contributed by atoms with E-state index in [2.05, 4.69) is 6.07 Å². The third-order valence-corrected chi connectivity index (χ3v) is 5.23. The number of likely N-dealkylation sites (tertiary alicyclic amines) is 1. The second-order valence-electron chi connectivity index (χ2n) is 7.75. The Morgan fingerprint density at radius 2 is 2.07 bits per heavy atom. The van der Waals surface area contributed by atoms with Crippen molar-refractivity contribution in [1.29, 1.82) is 0 Å². The number of aliphatic hydroxyl groups excluding tert-OH is 1. The molecule has 154 valence electrons. The molecule has 0 aliphatic carbocycles. The van der Waals surface area contributed by atoms with Gasteiger partial charge in [0, 0.05) is 25.8 Å². The lowest BCUT2D eigenvalue weighted by Gasteiger charge is -2.34. The Morgan fingerprint density at radius 1 is 1.29 bits per heavy atom. The molecule has 1 fully saturated rings. The van der Waals surface area contributed by atoms with Gasteiger partial charge in [0.1, 0.15) is 0 Å². The summed E-state index contributed by atoms with van der Waals surface area (Å²) in [5, 5.41) is 19.0. The van der Waals surface area contributed by atoms with Gasteiger partial charge in [0.15, 0.2) is 0 Å². The van der Waals surface area contributed by atoms with Gasteiger partial charge in [-0.1, -0.05) is 54.8 Å². The number of rotatable bonds is 11. The second-order valence-corrected chi connectivity index (χ2v) is 7.75. The first kappa shape index (κ1) is 22.2. The molecule has 5 heteroatoms. The van der Waals surface area contributed by atoms with Gasteiger partial charge >= 0.3 is 5.97 Å². The topological polar surface area (TPSA) is 77.8 Å². The minimum absolute atomic E-state index is 0.0485. The van der Waals surface area contributed by atoms with E-state index in [1.165, 1.54) is 5.56 Å². The number of carbonyl (C=O) groups is 2. The predicted molar refractivity (Wildman–Crippen MR) is 110 cm³/mol. The van der Waals surface area contributed by atoms with Crippen LogP contribution in [0, 0.1) is 6.92 Å². The van der Waals surface area contributed by atoms with Crippen LogP contribution in [0.2, 0.25) is 0 Å². The molecule has 0 saturated carbocycles. The van der Waals surface area contributed by atoms with E-state index in [1.807, 2.05) is 42.2 Å². The molecule has 1 saturated heterocycles. The van der Waals surface area contributed by atoms with Gasteiger partial charge in [-0.15, -0.1) is 0 Å². The van der Waals surface area contributed by atoms with Crippen LogP contribution in [-0.4, -0.2) is 45.7 Å². The number of carboxylic acid groups (broad SMARTS) is 1. The first-order valence-corrected chi connectivity index (χ1v) is 10.4. The van der Waals surface area contributed by atoms with Gasteiger partial charge in [-0.3, -0.25) is 9.59 Å². The van der Waals surface area contributed by atoms with E-state index in [1.54, 1.807) is 0 Å². The molecule has 0 bridgehead atoms. The largest absolute Gasteiger partial charge is 0.481 e. The predicted octanol–water partition coefficient (Wildman–Crippen LogP) is 3.87. The number of benzene rings is 1. The van der Waals surface area contributed by atoms with Crippen LogP contribution in [0.5, 0.6) is 0 Å². The summed E-state index contributed by atoms with van der Waals surface area (Å²) in [5.41, 5.74) is 2.29. The van der Waals surface area contributed by atoms with Crippen LogP contribution in [0.3, 0.4) is 0 Å². The molecule has 0 aromatic heterocycles. The monoisotopic (exact) mass is 387 g/mol. The molecule has 1 aromatic carbocycles. The van der Waals surface area contributed by atoms with Crippen molar-refractivity contribution in [2.45, 2.75) is 76.9 Å². The molecule has 1 unspecified atom stereocenters. The van der Waals surface area contributed by atoms with Crippen molar-refractivity contribution in [1.82, 2.24) is 4.90 Å². The van der Waals surface area contributed by atoms with Crippen LogP contribution >= 0.6 is 0 Å². The van der Waals surface area contributed by atoms with Crippen molar-refractivity contribution < 1.29 is 19.8 Å². The molecule has 5 nitrogen and oxygen atoms in total. The first-order valence-electron chi connectivity index (χ1n) is 10.4. The van der Waals surface area contributed by atoms with Crippen LogP contribution in [0.15, 0.2) is 36.4 Å². The van der Waals surface area contributed by atoms with Crippen LogP contribution in [0.4, 0.5) is 0 Å². The number of aryl methyl sites for hydroxylation is 1. The number of nitrogens with zero attached hydrogens (tertiary/aromatic N) is 1. The van der Waals surface area contributed by atoms with Gasteiger partial charge < -0.3 is 15.1 Å². The summed E-state index contributed by atoms with van der Waals surface area (Å²) < 4.78 is 0. The Labute approximate surface area is 168 Å². The molecular weight excluding hydrogens is 354 g/mol. The van der Waals surface area contributed by atoms with Crippen molar-refractivity contribution in [3.05, 3.63) is 47.5 Å². The first-order chi connectivity index (χ1) is 13.5. The smallest absolute Gasteiger partial charge is 0.303 e. The van der Waals surface area contributed by atoms with Crippen LogP contribution in [0.1, 0.15) is 62.5 Å². The quantitative estimate of drug-likeness (QED) is 0.446. The number of aliphatic hydroxyl groups is 1. The summed E-state index contributed by atoms with van der Waals surface area (Å²) in [4.78, 5) is 24.8. The Hall–Kier alpha value is -2.14. The van der Waals surface area contributed by atoms with Gasteiger partial charge in [0.25, 0.3) is 0 Å². The highest BCUT2D eigenvalue weighted by molar-refractivity contribution is 5.77. The number of aliphatic carboxylic acids is 1. The lowest BCUT2D eigenvalue weighted by atomic mass is 9.98. The number of amides is 1. The zero-order chi connectivity index (χ0) is 20.4. The number of carboxylic acids is 1. The normalized spacial score (nSPS) is 18.6. The lowest BCUT2D eigenvalue weighted by Crippen LogP contribution is -2.43. The summed E-state index contributed by atoms with van der Waals surface area (Å²) >= 11 is 0. The van der Waals surface area contributed by atoms with Crippen molar-refractivity contribution in [2.75, 3.05) is 6.54 Å². The zero-order valence-electron chi connectivity index (χ0n) is 16.8. The fourth-order valence-electron chi connectivity index (χ4n) is 3.75. The molecule has 1 aliphatic rings. The van der Waals surface area contributed by atoms with Crippen LogP contribution in [-0.2, 0) is 16.0 Å². The minimum atomic E-state index is -0.749. The number of piperidine rings is 1. The van der Waals surface area contributed by atoms with E-state index in [9.17, 15) is 14.7 Å². The van der Waals surface area contributed by atoms with Gasteiger partial charge in [-0.25, -0.2) is 0 Å². The second kappa shape index (κ2) is 11.6. The summed E-state index contributed by atoms with van der Waals surface area (Å²) in [7, 11) is 0. The van der Waals surface area contributed by atoms with E-state index in [0.29, 0.717) is 25.8 Å². The van der Waals surface area contributed by atoms with Gasteiger partial charge in [-0.05, 0) is 38.2 Å². The summed E-state index contributed by atoms with van der Waals surface area (Å²) in [6, 6.07) is 8.19. The summed E-state index contributed by atoms with van der Waals surface area (Å²) in [6.07, 6.45) is 9.84. The molecular formula is C23H33NO4. The standard InChI is InChI=1S/C23H33NO4/c1-18-8-6-9-19(16-18)17-21(25)14-13-20-10-7-11-22(26)24(20)15-5-3-2-4-12-23(27)28/h6,8-9,13-14,16,20-21,25H,2-5,7,10-12,15,17H2,1H3,(H,27,28)/t20-,21?/m1/s1. The Bertz CT molecular complexity index is 670. The summed E-state index contributed by atoms with van der Waals surface area (Å²) in [6.45, 7) is 2.74. The average molecular weight is 388 g/mol. The van der Waals surface area contributed by atoms with Crippen molar-refractivity contribution in [2.24, 2.45) is 0 Å². The highest BCUT2D eigenvalue weighted by atomic mass is 16.4.